The molecule has 1 amide bonds. The molecule has 3 rings (SSSR count). The number of amides is 1. The molecule has 3 nitrogen and oxygen atoms in total. The topological polar surface area (TPSA) is 41.1 Å². The van der Waals surface area contributed by atoms with Crippen LogP contribution in [-0.4, -0.2) is 11.9 Å². The zero-order chi connectivity index (χ0) is 14.8. The fourth-order valence-corrected chi connectivity index (χ4v) is 2.60. The average Bonchev–Trinajstić information content (AvgIpc) is 2.92. The molecule has 0 bridgehead atoms. The molecule has 0 aromatic heterocycles. The van der Waals surface area contributed by atoms with Gasteiger partial charge in [-0.1, -0.05) is 30.3 Å². The van der Waals surface area contributed by atoms with Gasteiger partial charge in [0.15, 0.2) is 0 Å². The highest BCUT2D eigenvalue weighted by Crippen LogP contribution is 2.25. The third-order valence-electron chi connectivity index (χ3n) is 3.82. The molecule has 4 heteroatoms. The lowest BCUT2D eigenvalue weighted by Crippen LogP contribution is -2.39. The van der Waals surface area contributed by atoms with E-state index in [0.717, 1.165) is 16.8 Å². The van der Waals surface area contributed by atoms with Gasteiger partial charge in [-0.05, 0) is 36.2 Å². The number of carbonyl (C=O) groups excluding carboxylic acids is 1. The van der Waals surface area contributed by atoms with Gasteiger partial charge in [-0.2, -0.15) is 0 Å². The molecular formula is C17H17FN2O. The molecule has 2 atom stereocenters. The van der Waals surface area contributed by atoms with Crippen molar-refractivity contribution in [3.05, 3.63) is 65.5 Å². The van der Waals surface area contributed by atoms with Gasteiger partial charge in [0.2, 0.25) is 5.91 Å². The molecule has 2 aromatic rings. The van der Waals surface area contributed by atoms with Crippen LogP contribution in [0.5, 0.6) is 0 Å². The normalized spacial score (nSPS) is 17.7. The fraction of sp³-hybridized carbons (Fsp3) is 0.235. The molecule has 108 valence electrons. The largest absolute Gasteiger partial charge is 0.373 e. The van der Waals surface area contributed by atoms with Gasteiger partial charge in [0, 0.05) is 12.1 Å². The Morgan fingerprint density at radius 3 is 2.67 bits per heavy atom. The third kappa shape index (κ3) is 2.89. The Morgan fingerprint density at radius 1 is 1.24 bits per heavy atom. The second-order valence-electron chi connectivity index (χ2n) is 5.34. The van der Waals surface area contributed by atoms with Crippen LogP contribution < -0.4 is 10.6 Å². The molecule has 0 radical (unpaired) electrons. The smallest absolute Gasteiger partial charge is 0.243 e. The van der Waals surface area contributed by atoms with E-state index >= 15 is 0 Å². The van der Waals surface area contributed by atoms with Crippen LogP contribution >= 0.6 is 0 Å². The zero-order valence-electron chi connectivity index (χ0n) is 11.8. The van der Waals surface area contributed by atoms with Crippen molar-refractivity contribution in [3.63, 3.8) is 0 Å². The minimum Gasteiger partial charge on any atom is -0.373 e. The zero-order valence-corrected chi connectivity index (χ0v) is 11.8. The van der Waals surface area contributed by atoms with Crippen LogP contribution in [0, 0.1) is 5.82 Å². The summed E-state index contributed by atoms with van der Waals surface area (Å²) < 4.78 is 12.9. The van der Waals surface area contributed by atoms with Crippen LogP contribution in [0.25, 0.3) is 0 Å². The maximum Gasteiger partial charge on any atom is 0.243 e. The van der Waals surface area contributed by atoms with Crippen molar-refractivity contribution in [1.82, 2.24) is 5.32 Å². The van der Waals surface area contributed by atoms with E-state index in [2.05, 4.69) is 10.6 Å². The molecule has 2 N–H and O–H groups in total. The first-order valence-corrected chi connectivity index (χ1v) is 7.04. The summed E-state index contributed by atoms with van der Waals surface area (Å²) in [7, 11) is 0. The van der Waals surface area contributed by atoms with Gasteiger partial charge in [-0.3, -0.25) is 4.79 Å². The second-order valence-corrected chi connectivity index (χ2v) is 5.34. The van der Waals surface area contributed by atoms with E-state index in [4.69, 9.17) is 0 Å². The number of anilines is 1. The first-order valence-electron chi connectivity index (χ1n) is 7.04. The molecule has 0 aliphatic carbocycles. The summed E-state index contributed by atoms with van der Waals surface area (Å²) in [6.45, 7) is 1.90. The summed E-state index contributed by atoms with van der Waals surface area (Å²) in [4.78, 5) is 12.3. The number of fused-ring (bicyclic) bond motifs is 1. The van der Waals surface area contributed by atoms with Gasteiger partial charge >= 0.3 is 0 Å². The highest BCUT2D eigenvalue weighted by atomic mass is 19.1. The molecule has 0 spiro atoms. The van der Waals surface area contributed by atoms with E-state index in [-0.39, 0.29) is 23.8 Å². The average molecular weight is 284 g/mol. The van der Waals surface area contributed by atoms with E-state index < -0.39 is 0 Å². The Labute approximate surface area is 123 Å². The predicted octanol–water partition coefficient (Wildman–Crippen LogP) is 3.04. The summed E-state index contributed by atoms with van der Waals surface area (Å²) in [5.74, 6) is -0.312. The van der Waals surface area contributed by atoms with Crippen LogP contribution in [0.15, 0.2) is 48.5 Å². The van der Waals surface area contributed by atoms with E-state index in [1.54, 1.807) is 12.1 Å². The molecule has 1 aliphatic heterocycles. The van der Waals surface area contributed by atoms with Crippen molar-refractivity contribution >= 4 is 11.6 Å². The summed E-state index contributed by atoms with van der Waals surface area (Å²) in [6.07, 6.45) is 0.693. The lowest BCUT2D eigenvalue weighted by molar-refractivity contribution is -0.122. The van der Waals surface area contributed by atoms with Crippen molar-refractivity contribution in [3.8, 4) is 0 Å². The maximum absolute atomic E-state index is 12.9. The van der Waals surface area contributed by atoms with Crippen LogP contribution in [0.3, 0.4) is 0 Å². The molecule has 21 heavy (non-hydrogen) atoms. The number of carbonyl (C=O) groups is 1. The summed E-state index contributed by atoms with van der Waals surface area (Å²) in [5, 5.41) is 6.20. The SMILES string of the molecule is C[C@H](NC(=O)C1Cc2ccccc2N1)c1ccc(F)cc1. The fourth-order valence-electron chi connectivity index (χ4n) is 2.60. The number of hydrogen-bond donors (Lipinski definition) is 2. The summed E-state index contributed by atoms with van der Waals surface area (Å²) >= 11 is 0. The van der Waals surface area contributed by atoms with Crippen molar-refractivity contribution in [1.29, 1.82) is 0 Å². The van der Waals surface area contributed by atoms with Crippen molar-refractivity contribution in [2.45, 2.75) is 25.4 Å². The van der Waals surface area contributed by atoms with Gasteiger partial charge in [-0.25, -0.2) is 4.39 Å². The quantitative estimate of drug-likeness (QED) is 0.909. The molecule has 0 saturated heterocycles. The van der Waals surface area contributed by atoms with Crippen LogP contribution in [0.4, 0.5) is 10.1 Å². The molecule has 1 heterocycles. The van der Waals surface area contributed by atoms with Gasteiger partial charge in [0.1, 0.15) is 11.9 Å². The summed E-state index contributed by atoms with van der Waals surface area (Å²) in [5.41, 5.74) is 3.07. The van der Waals surface area contributed by atoms with Crippen LogP contribution in [0.2, 0.25) is 0 Å². The monoisotopic (exact) mass is 284 g/mol. The molecule has 1 aliphatic rings. The minimum absolute atomic E-state index is 0.0389. The van der Waals surface area contributed by atoms with E-state index in [1.807, 2.05) is 31.2 Å². The number of rotatable bonds is 3. The van der Waals surface area contributed by atoms with E-state index in [1.165, 1.54) is 12.1 Å². The third-order valence-corrected chi connectivity index (χ3v) is 3.82. The van der Waals surface area contributed by atoms with Crippen LogP contribution in [0.1, 0.15) is 24.1 Å². The Morgan fingerprint density at radius 2 is 1.95 bits per heavy atom. The number of hydrogen-bond acceptors (Lipinski definition) is 2. The van der Waals surface area contributed by atoms with Gasteiger partial charge in [-0.15, -0.1) is 0 Å². The van der Waals surface area contributed by atoms with Gasteiger partial charge in [0.25, 0.3) is 0 Å². The molecule has 0 saturated carbocycles. The Kier molecular flexibility index (Phi) is 3.60. The Hall–Kier alpha value is -2.36. The number of para-hydroxylation sites is 1. The van der Waals surface area contributed by atoms with Crippen molar-refractivity contribution in [2.75, 3.05) is 5.32 Å². The number of nitrogens with one attached hydrogen (secondary N) is 2. The molecule has 1 unspecified atom stereocenters. The first-order chi connectivity index (χ1) is 10.1. The number of benzene rings is 2. The van der Waals surface area contributed by atoms with Gasteiger partial charge in [0.05, 0.1) is 6.04 Å². The van der Waals surface area contributed by atoms with Crippen molar-refractivity contribution < 1.29 is 9.18 Å². The minimum atomic E-state index is -0.273. The first kappa shape index (κ1) is 13.6. The second kappa shape index (κ2) is 5.56. The van der Waals surface area contributed by atoms with Crippen LogP contribution in [-0.2, 0) is 11.2 Å². The number of halogens is 1. The highest BCUT2D eigenvalue weighted by molar-refractivity contribution is 5.87. The maximum atomic E-state index is 12.9. The van der Waals surface area contributed by atoms with E-state index in [9.17, 15) is 9.18 Å². The Bertz CT molecular complexity index is 629. The predicted molar refractivity (Wildman–Crippen MR) is 80.5 cm³/mol. The molecular weight excluding hydrogens is 267 g/mol. The van der Waals surface area contributed by atoms with Crippen molar-refractivity contribution in [2.24, 2.45) is 0 Å². The highest BCUT2D eigenvalue weighted by Gasteiger charge is 2.27. The summed E-state index contributed by atoms with van der Waals surface area (Å²) in [6, 6.07) is 13.7. The Balaban J connectivity index is 1.64. The lowest BCUT2D eigenvalue weighted by atomic mass is 10.1. The van der Waals surface area contributed by atoms with Gasteiger partial charge < -0.3 is 10.6 Å². The standard InChI is InChI=1S/C17H17FN2O/c1-11(12-6-8-14(18)9-7-12)19-17(21)16-10-13-4-2-3-5-15(13)20-16/h2-9,11,16,20H,10H2,1H3,(H,19,21)/t11-,16?/m0/s1. The lowest BCUT2D eigenvalue weighted by Gasteiger charge is -2.18. The molecule has 2 aromatic carbocycles. The van der Waals surface area contributed by atoms with E-state index in [0.29, 0.717) is 6.42 Å². The molecule has 0 fully saturated rings.